The zero-order valence-corrected chi connectivity index (χ0v) is 22.8. The zero-order chi connectivity index (χ0) is 26.7. The molecule has 0 amide bonds. The maximum atomic E-state index is 14.5. The Morgan fingerprint density at radius 2 is 1.32 bits per heavy atom. The number of fused-ring (bicyclic) bond motifs is 1. The van der Waals surface area contributed by atoms with Gasteiger partial charge >= 0.3 is 7.60 Å². The van der Waals surface area contributed by atoms with Gasteiger partial charge < -0.3 is 13.6 Å². The van der Waals surface area contributed by atoms with Crippen molar-refractivity contribution in [1.82, 2.24) is 4.57 Å². The van der Waals surface area contributed by atoms with Crippen molar-refractivity contribution in [3.8, 4) is 5.69 Å². The fourth-order valence-corrected chi connectivity index (χ4v) is 7.05. The first-order valence-electron chi connectivity index (χ1n) is 12.6. The number of hydrogen-bond acceptors (Lipinski definition) is 3. The van der Waals surface area contributed by atoms with E-state index in [1.807, 2.05) is 71.3 Å². The zero-order valence-electron chi connectivity index (χ0n) is 21.2. The van der Waals surface area contributed by atoms with Gasteiger partial charge in [0.25, 0.3) is 0 Å². The van der Waals surface area contributed by atoms with Crippen LogP contribution in [0.5, 0.6) is 0 Å². The van der Waals surface area contributed by atoms with Gasteiger partial charge in [-0.25, -0.2) is 4.39 Å². The molecule has 0 spiro atoms. The molecule has 7 heteroatoms. The van der Waals surface area contributed by atoms with Gasteiger partial charge in [0.2, 0.25) is 0 Å². The summed E-state index contributed by atoms with van der Waals surface area (Å²) in [7, 11) is -3.77. The molecule has 4 nitrogen and oxygen atoms in total. The number of rotatable bonds is 9. The summed E-state index contributed by atoms with van der Waals surface area (Å²) in [6.07, 6.45) is 0. The van der Waals surface area contributed by atoms with Gasteiger partial charge in [-0.3, -0.25) is 4.57 Å². The third-order valence-corrected chi connectivity index (χ3v) is 8.86. The van der Waals surface area contributed by atoms with Gasteiger partial charge in [0.05, 0.1) is 19.1 Å². The SMILES string of the molecule is CCOP(=O)(OCC)c1c2ccccc2c(C(c2ccccc2)c2ccc(F)cc2)n1-c1ccc(Cl)cc1. The van der Waals surface area contributed by atoms with Gasteiger partial charge in [0, 0.05) is 27.2 Å². The molecule has 0 aliphatic carbocycles. The molecule has 4 aromatic carbocycles. The van der Waals surface area contributed by atoms with E-state index in [9.17, 15) is 8.96 Å². The lowest BCUT2D eigenvalue weighted by atomic mass is 9.86. The maximum Gasteiger partial charge on any atom is 0.378 e. The van der Waals surface area contributed by atoms with Gasteiger partial charge in [0.15, 0.2) is 0 Å². The molecule has 0 aliphatic rings. The summed E-state index contributed by atoms with van der Waals surface area (Å²) in [6, 6.07) is 31.8. The lowest BCUT2D eigenvalue weighted by Crippen LogP contribution is -2.23. The molecule has 194 valence electrons. The highest BCUT2D eigenvalue weighted by Gasteiger charge is 2.38. The lowest BCUT2D eigenvalue weighted by molar-refractivity contribution is 0.229. The molecule has 0 bridgehead atoms. The number of aromatic nitrogens is 1. The second-order valence-electron chi connectivity index (χ2n) is 8.79. The summed E-state index contributed by atoms with van der Waals surface area (Å²) in [5.74, 6) is -0.626. The van der Waals surface area contributed by atoms with Crippen molar-refractivity contribution in [1.29, 1.82) is 0 Å². The third-order valence-electron chi connectivity index (χ3n) is 6.45. The quantitative estimate of drug-likeness (QED) is 0.174. The van der Waals surface area contributed by atoms with Gasteiger partial charge in [-0.05, 0) is 61.4 Å². The molecule has 0 aliphatic heterocycles. The van der Waals surface area contributed by atoms with E-state index < -0.39 is 7.60 Å². The van der Waals surface area contributed by atoms with Gasteiger partial charge in [0.1, 0.15) is 11.3 Å². The molecular weight excluding hydrogens is 520 g/mol. The summed E-state index contributed by atoms with van der Waals surface area (Å²) in [6.45, 7) is 4.03. The average molecular weight is 548 g/mol. The van der Waals surface area contributed by atoms with E-state index in [4.69, 9.17) is 20.6 Å². The molecule has 1 unspecified atom stereocenters. The minimum Gasteiger partial charge on any atom is -0.305 e. The molecule has 0 saturated carbocycles. The molecule has 1 atom stereocenters. The largest absolute Gasteiger partial charge is 0.378 e. The van der Waals surface area contributed by atoms with E-state index in [1.54, 1.807) is 38.1 Å². The van der Waals surface area contributed by atoms with Crippen LogP contribution in [-0.2, 0) is 13.6 Å². The smallest absolute Gasteiger partial charge is 0.305 e. The highest BCUT2D eigenvalue weighted by molar-refractivity contribution is 7.62. The van der Waals surface area contributed by atoms with Crippen molar-refractivity contribution >= 4 is 35.4 Å². The lowest BCUT2D eigenvalue weighted by Gasteiger charge is -2.25. The van der Waals surface area contributed by atoms with E-state index >= 15 is 0 Å². The van der Waals surface area contributed by atoms with Gasteiger partial charge in [-0.1, -0.05) is 78.3 Å². The molecule has 0 saturated heterocycles. The number of nitrogens with zero attached hydrogens (tertiary/aromatic N) is 1. The summed E-state index contributed by atoms with van der Waals surface area (Å²) < 4.78 is 42.3. The highest BCUT2D eigenvalue weighted by Crippen LogP contribution is 2.51. The first-order chi connectivity index (χ1) is 18.5. The fraction of sp³-hybridized carbons (Fsp3) is 0.161. The normalized spacial score (nSPS) is 12.6. The van der Waals surface area contributed by atoms with Gasteiger partial charge in [-0.15, -0.1) is 0 Å². The first-order valence-corrected chi connectivity index (χ1v) is 14.5. The van der Waals surface area contributed by atoms with E-state index in [0.717, 1.165) is 33.3 Å². The van der Waals surface area contributed by atoms with Crippen LogP contribution in [0.4, 0.5) is 4.39 Å². The Hall–Kier alpha value is -3.21. The molecule has 5 rings (SSSR count). The van der Waals surface area contributed by atoms with E-state index in [0.29, 0.717) is 10.5 Å². The second kappa shape index (κ2) is 11.3. The minimum atomic E-state index is -3.77. The van der Waals surface area contributed by atoms with Crippen molar-refractivity contribution in [2.24, 2.45) is 0 Å². The summed E-state index contributed by atoms with van der Waals surface area (Å²) in [4.78, 5) is 0. The molecule has 0 fully saturated rings. The topological polar surface area (TPSA) is 40.5 Å². The predicted molar refractivity (Wildman–Crippen MR) is 153 cm³/mol. The number of halogens is 2. The van der Waals surface area contributed by atoms with E-state index in [2.05, 4.69) is 0 Å². The maximum absolute atomic E-state index is 14.5. The number of benzene rings is 4. The molecular formula is C31H28ClFNO3P. The molecule has 0 N–H and O–H groups in total. The van der Waals surface area contributed by atoms with Crippen molar-refractivity contribution < 1.29 is 18.0 Å². The Morgan fingerprint density at radius 1 is 0.763 bits per heavy atom. The Kier molecular flexibility index (Phi) is 7.83. The van der Waals surface area contributed by atoms with E-state index in [1.165, 1.54) is 12.1 Å². The monoisotopic (exact) mass is 547 g/mol. The van der Waals surface area contributed by atoms with Crippen LogP contribution in [-0.4, -0.2) is 17.8 Å². The van der Waals surface area contributed by atoms with Gasteiger partial charge in [-0.2, -0.15) is 0 Å². The van der Waals surface area contributed by atoms with E-state index in [-0.39, 0.29) is 24.9 Å². The fourth-order valence-electron chi connectivity index (χ4n) is 4.97. The molecule has 1 heterocycles. The second-order valence-corrected chi connectivity index (χ2v) is 11.2. The third kappa shape index (κ3) is 4.95. The van der Waals surface area contributed by atoms with Crippen LogP contribution in [0.15, 0.2) is 103 Å². The minimum absolute atomic E-state index is 0.215. The van der Waals surface area contributed by atoms with Crippen molar-refractivity contribution in [2.45, 2.75) is 19.8 Å². The standard InChI is InChI=1S/C31H28ClFNO3P/c1-3-36-38(35,37-4-2)31-28-13-9-8-12-27(28)30(34(31)26-20-16-24(32)17-21-26)29(22-10-6-5-7-11-22)23-14-18-25(33)19-15-23/h5-21,29H,3-4H2,1-2H3. The highest BCUT2D eigenvalue weighted by atomic mass is 35.5. The van der Waals surface area contributed by atoms with Crippen LogP contribution in [0.1, 0.15) is 36.6 Å². The van der Waals surface area contributed by atoms with Crippen LogP contribution in [0.25, 0.3) is 16.5 Å². The first kappa shape index (κ1) is 26.4. The molecule has 5 aromatic rings. The van der Waals surface area contributed by atoms with Crippen LogP contribution in [0.3, 0.4) is 0 Å². The Morgan fingerprint density at radius 3 is 1.92 bits per heavy atom. The Bertz CT molecular complexity index is 1570. The molecule has 38 heavy (non-hydrogen) atoms. The van der Waals surface area contributed by atoms with Crippen molar-refractivity contribution in [2.75, 3.05) is 13.2 Å². The van der Waals surface area contributed by atoms with Crippen molar-refractivity contribution in [3.63, 3.8) is 0 Å². The summed E-state index contributed by atoms with van der Waals surface area (Å²) in [5.41, 5.74) is 3.99. The van der Waals surface area contributed by atoms with Crippen LogP contribution < -0.4 is 5.44 Å². The average Bonchev–Trinajstić information content (AvgIpc) is 3.27. The summed E-state index contributed by atoms with van der Waals surface area (Å²) in [5, 5.41) is 2.26. The van der Waals surface area contributed by atoms with Crippen LogP contribution in [0.2, 0.25) is 5.02 Å². The Labute approximate surface area is 227 Å². The molecule has 0 radical (unpaired) electrons. The predicted octanol–water partition coefficient (Wildman–Crippen LogP) is 8.49. The number of hydrogen-bond donors (Lipinski definition) is 0. The van der Waals surface area contributed by atoms with Crippen LogP contribution in [0, 0.1) is 5.82 Å². The summed E-state index contributed by atoms with van der Waals surface area (Å²) >= 11 is 6.27. The molecule has 1 aromatic heterocycles. The Balaban J connectivity index is 1.95. The van der Waals surface area contributed by atoms with Crippen molar-refractivity contribution in [3.05, 3.63) is 131 Å². The van der Waals surface area contributed by atoms with Crippen LogP contribution >= 0.6 is 19.2 Å².